The Bertz CT molecular complexity index is 522. The van der Waals surface area contributed by atoms with E-state index in [1.165, 1.54) is 25.9 Å². The first-order valence-electron chi connectivity index (χ1n) is 9.14. The summed E-state index contributed by atoms with van der Waals surface area (Å²) >= 11 is 0. The van der Waals surface area contributed by atoms with Crippen molar-refractivity contribution >= 4 is 5.91 Å². The summed E-state index contributed by atoms with van der Waals surface area (Å²) in [5.74, 6) is 0.751. The van der Waals surface area contributed by atoms with Crippen molar-refractivity contribution in [3.05, 3.63) is 23.8 Å². The fourth-order valence-electron chi connectivity index (χ4n) is 3.59. The molecular formula is C18H28N4O2. The van der Waals surface area contributed by atoms with Crippen LogP contribution in [0, 0.1) is 6.92 Å². The molecule has 6 heteroatoms. The van der Waals surface area contributed by atoms with E-state index in [1.807, 2.05) is 11.8 Å². The largest absolute Gasteiger partial charge is 0.381 e. The lowest BCUT2D eigenvalue weighted by molar-refractivity contribution is 0.0281. The third-order valence-electron chi connectivity index (χ3n) is 4.99. The van der Waals surface area contributed by atoms with E-state index < -0.39 is 0 Å². The summed E-state index contributed by atoms with van der Waals surface area (Å²) in [6.07, 6.45) is 8.78. The fraction of sp³-hybridized carbons (Fsp3) is 0.722. The standard InChI is InChI=1S/C18H28N4O2/c1-15-19-13-16(14-20-15)18(23)22(17-5-11-24-12-6-17)10-4-9-21-7-2-3-8-21/h13-14,17H,2-12H2,1H3. The van der Waals surface area contributed by atoms with Gasteiger partial charge in [-0.3, -0.25) is 4.79 Å². The SMILES string of the molecule is Cc1ncc(C(=O)N(CCCN2CCCC2)C2CCOCC2)cn1. The Kier molecular flexibility index (Phi) is 6.15. The molecule has 1 aromatic heterocycles. The highest BCUT2D eigenvalue weighted by Crippen LogP contribution is 2.18. The van der Waals surface area contributed by atoms with Crippen molar-refractivity contribution in [2.45, 2.75) is 45.1 Å². The Morgan fingerprint density at radius 2 is 1.92 bits per heavy atom. The number of carbonyl (C=O) groups is 1. The first-order chi connectivity index (χ1) is 11.7. The molecule has 2 saturated heterocycles. The topological polar surface area (TPSA) is 58.6 Å². The van der Waals surface area contributed by atoms with Crippen molar-refractivity contribution < 1.29 is 9.53 Å². The summed E-state index contributed by atoms with van der Waals surface area (Å²) in [5.41, 5.74) is 0.591. The zero-order chi connectivity index (χ0) is 16.8. The first-order valence-corrected chi connectivity index (χ1v) is 9.14. The fourth-order valence-corrected chi connectivity index (χ4v) is 3.59. The van der Waals surface area contributed by atoms with Gasteiger partial charge in [0.25, 0.3) is 5.91 Å². The molecule has 1 amide bonds. The van der Waals surface area contributed by atoms with Crippen LogP contribution < -0.4 is 0 Å². The Hall–Kier alpha value is -1.53. The number of hydrogen-bond acceptors (Lipinski definition) is 5. The smallest absolute Gasteiger partial charge is 0.257 e. The van der Waals surface area contributed by atoms with Crippen LogP contribution in [0.3, 0.4) is 0 Å². The molecule has 132 valence electrons. The monoisotopic (exact) mass is 332 g/mol. The van der Waals surface area contributed by atoms with E-state index in [1.54, 1.807) is 12.4 Å². The van der Waals surface area contributed by atoms with Crippen molar-refractivity contribution in [1.82, 2.24) is 19.8 Å². The molecule has 6 nitrogen and oxygen atoms in total. The molecule has 24 heavy (non-hydrogen) atoms. The summed E-state index contributed by atoms with van der Waals surface area (Å²) in [7, 11) is 0. The normalized spacial score (nSPS) is 19.5. The minimum atomic E-state index is 0.0586. The summed E-state index contributed by atoms with van der Waals surface area (Å²) < 4.78 is 5.47. The van der Waals surface area contributed by atoms with Gasteiger partial charge in [0.15, 0.2) is 0 Å². The molecule has 0 aliphatic carbocycles. The van der Waals surface area contributed by atoms with Gasteiger partial charge in [-0.1, -0.05) is 0 Å². The first kappa shape index (κ1) is 17.3. The Morgan fingerprint density at radius 1 is 1.25 bits per heavy atom. The number of amides is 1. The van der Waals surface area contributed by atoms with Gasteiger partial charge in [-0.05, 0) is 58.7 Å². The molecule has 3 rings (SSSR count). The molecule has 0 N–H and O–H groups in total. The molecule has 3 heterocycles. The van der Waals surface area contributed by atoms with E-state index in [2.05, 4.69) is 14.9 Å². The predicted octanol–water partition coefficient (Wildman–Crippen LogP) is 1.89. The molecule has 2 fully saturated rings. The molecule has 0 spiro atoms. The highest BCUT2D eigenvalue weighted by Gasteiger charge is 2.27. The van der Waals surface area contributed by atoms with Crippen LogP contribution >= 0.6 is 0 Å². The van der Waals surface area contributed by atoms with Gasteiger partial charge in [0.1, 0.15) is 5.82 Å². The van der Waals surface area contributed by atoms with Gasteiger partial charge in [-0.25, -0.2) is 9.97 Å². The van der Waals surface area contributed by atoms with Crippen LogP contribution in [0.25, 0.3) is 0 Å². The number of rotatable bonds is 6. The second kappa shape index (κ2) is 8.53. The Labute approximate surface area is 144 Å². The molecule has 0 bridgehead atoms. The quantitative estimate of drug-likeness (QED) is 0.796. The van der Waals surface area contributed by atoms with Gasteiger partial charge >= 0.3 is 0 Å². The molecular weight excluding hydrogens is 304 g/mol. The van der Waals surface area contributed by atoms with E-state index in [0.29, 0.717) is 11.4 Å². The van der Waals surface area contributed by atoms with Gasteiger partial charge < -0.3 is 14.5 Å². The zero-order valence-electron chi connectivity index (χ0n) is 14.6. The lowest BCUT2D eigenvalue weighted by Crippen LogP contribution is -2.44. The maximum Gasteiger partial charge on any atom is 0.257 e. The number of aryl methyl sites for hydroxylation is 1. The molecule has 0 aromatic carbocycles. The van der Waals surface area contributed by atoms with Crippen molar-refractivity contribution in [3.63, 3.8) is 0 Å². The maximum atomic E-state index is 13.0. The number of likely N-dealkylation sites (tertiary alicyclic amines) is 1. The minimum absolute atomic E-state index is 0.0586. The van der Waals surface area contributed by atoms with Crippen LogP contribution in [0.1, 0.15) is 48.3 Å². The van der Waals surface area contributed by atoms with Crippen molar-refractivity contribution in [2.75, 3.05) is 39.4 Å². The molecule has 0 atom stereocenters. The number of ether oxygens (including phenoxy) is 1. The third kappa shape index (κ3) is 4.51. The Balaban J connectivity index is 1.63. The third-order valence-corrected chi connectivity index (χ3v) is 4.99. The second-order valence-electron chi connectivity index (χ2n) is 6.76. The molecule has 2 aliphatic rings. The highest BCUT2D eigenvalue weighted by atomic mass is 16.5. The number of hydrogen-bond donors (Lipinski definition) is 0. The van der Waals surface area contributed by atoms with Crippen LogP contribution in [-0.4, -0.2) is 71.1 Å². The summed E-state index contributed by atoms with van der Waals surface area (Å²) in [6, 6.07) is 0.270. The van der Waals surface area contributed by atoms with Crippen LogP contribution in [0.4, 0.5) is 0 Å². The average molecular weight is 332 g/mol. The zero-order valence-corrected chi connectivity index (χ0v) is 14.6. The number of carbonyl (C=O) groups excluding carboxylic acids is 1. The average Bonchev–Trinajstić information content (AvgIpc) is 3.13. The summed E-state index contributed by atoms with van der Waals surface area (Å²) in [4.78, 5) is 25.9. The van der Waals surface area contributed by atoms with Gasteiger partial charge in [0, 0.05) is 38.2 Å². The molecule has 0 saturated carbocycles. The van der Waals surface area contributed by atoms with E-state index in [4.69, 9.17) is 4.74 Å². The van der Waals surface area contributed by atoms with Gasteiger partial charge in [-0.2, -0.15) is 0 Å². The number of aromatic nitrogens is 2. The van der Waals surface area contributed by atoms with Crippen LogP contribution in [-0.2, 0) is 4.74 Å². The molecule has 2 aliphatic heterocycles. The van der Waals surface area contributed by atoms with E-state index >= 15 is 0 Å². The molecule has 0 radical (unpaired) electrons. The van der Waals surface area contributed by atoms with Crippen LogP contribution in [0.5, 0.6) is 0 Å². The van der Waals surface area contributed by atoms with Gasteiger partial charge in [-0.15, -0.1) is 0 Å². The summed E-state index contributed by atoms with van der Waals surface area (Å²) in [5, 5.41) is 0. The van der Waals surface area contributed by atoms with Crippen molar-refractivity contribution in [2.24, 2.45) is 0 Å². The second-order valence-corrected chi connectivity index (χ2v) is 6.76. The predicted molar refractivity (Wildman–Crippen MR) is 91.9 cm³/mol. The van der Waals surface area contributed by atoms with E-state index in [0.717, 1.165) is 45.6 Å². The molecule has 0 unspecified atom stereocenters. The van der Waals surface area contributed by atoms with Gasteiger partial charge in [0.2, 0.25) is 0 Å². The van der Waals surface area contributed by atoms with E-state index in [-0.39, 0.29) is 11.9 Å². The Morgan fingerprint density at radius 3 is 2.58 bits per heavy atom. The lowest BCUT2D eigenvalue weighted by atomic mass is 10.1. The lowest BCUT2D eigenvalue weighted by Gasteiger charge is -2.34. The van der Waals surface area contributed by atoms with Crippen LogP contribution in [0.15, 0.2) is 12.4 Å². The van der Waals surface area contributed by atoms with E-state index in [9.17, 15) is 4.79 Å². The van der Waals surface area contributed by atoms with Crippen molar-refractivity contribution in [1.29, 1.82) is 0 Å². The number of nitrogens with zero attached hydrogens (tertiary/aromatic N) is 4. The van der Waals surface area contributed by atoms with Crippen molar-refractivity contribution in [3.8, 4) is 0 Å². The highest BCUT2D eigenvalue weighted by molar-refractivity contribution is 5.93. The van der Waals surface area contributed by atoms with Gasteiger partial charge in [0.05, 0.1) is 5.56 Å². The molecule has 1 aromatic rings. The van der Waals surface area contributed by atoms with Crippen LogP contribution in [0.2, 0.25) is 0 Å². The summed E-state index contributed by atoms with van der Waals surface area (Å²) in [6.45, 7) is 7.61. The maximum absolute atomic E-state index is 13.0. The minimum Gasteiger partial charge on any atom is -0.381 e.